The summed E-state index contributed by atoms with van der Waals surface area (Å²) in [5.74, 6) is -1.29. The van der Waals surface area contributed by atoms with Gasteiger partial charge in [0, 0.05) is 24.9 Å². The maximum Gasteiger partial charge on any atom is 0.208 e. The Morgan fingerprint density at radius 3 is 2.87 bits per heavy atom. The van der Waals surface area contributed by atoms with Crippen molar-refractivity contribution < 1.29 is 27.6 Å². The van der Waals surface area contributed by atoms with Gasteiger partial charge in [0.25, 0.3) is 0 Å². The van der Waals surface area contributed by atoms with Gasteiger partial charge in [0.1, 0.15) is 18.2 Å². The number of hydrogen-bond acceptors (Lipinski definition) is 10. The first kappa shape index (κ1) is 28.8. The summed E-state index contributed by atoms with van der Waals surface area (Å²) in [4.78, 5) is 22.2. The number of nitrogens with one attached hydrogen (secondary N) is 1. The largest absolute Gasteiger partial charge is 0.400 e. The maximum atomic E-state index is 14.0. The molecule has 5 rings (SSSR count). The number of thiophene rings is 1. The number of ether oxygens (including phenoxy) is 1. The molecule has 8 nitrogen and oxygen atoms in total. The summed E-state index contributed by atoms with van der Waals surface area (Å²) in [6, 6.07) is 4.14. The Morgan fingerprint density at radius 2 is 2.08 bits per heavy atom. The molecule has 3 atom stereocenters. The van der Waals surface area contributed by atoms with Crippen LogP contribution in [0.15, 0.2) is 30.7 Å². The fourth-order valence-corrected chi connectivity index (χ4v) is 6.34. The van der Waals surface area contributed by atoms with Gasteiger partial charge in [-0.2, -0.15) is 0 Å². The van der Waals surface area contributed by atoms with Crippen molar-refractivity contribution in [1.29, 1.82) is 0 Å². The first-order valence-electron chi connectivity index (χ1n) is 11.9. The molecule has 204 valence electrons. The second kappa shape index (κ2) is 13.2. The molecule has 1 aliphatic carbocycles. The Hall–Kier alpha value is -2.19. The van der Waals surface area contributed by atoms with E-state index >= 15 is 0 Å². The Bertz CT molecular complexity index is 1280. The van der Waals surface area contributed by atoms with Gasteiger partial charge in [-0.1, -0.05) is 11.6 Å². The number of carbonyl (C=O) groups excluding carboxylic acids is 1. The molecule has 38 heavy (non-hydrogen) atoms. The van der Waals surface area contributed by atoms with E-state index in [1.165, 1.54) is 18.6 Å². The molecule has 0 radical (unpaired) electrons. The van der Waals surface area contributed by atoms with Crippen molar-refractivity contribution in [2.45, 2.75) is 37.8 Å². The quantitative estimate of drug-likeness (QED) is 0.189. The third kappa shape index (κ3) is 6.33. The lowest BCUT2D eigenvalue weighted by Crippen LogP contribution is -2.20. The van der Waals surface area contributed by atoms with Gasteiger partial charge < -0.3 is 19.3 Å². The van der Waals surface area contributed by atoms with E-state index in [0.717, 1.165) is 56.0 Å². The van der Waals surface area contributed by atoms with Gasteiger partial charge in [-0.05, 0) is 60.9 Å². The maximum absolute atomic E-state index is 14.0. The zero-order chi connectivity index (χ0) is 27.2. The second-order valence-electron chi connectivity index (χ2n) is 8.82. The highest BCUT2D eigenvalue weighted by atomic mass is 35.5. The number of aromatic nitrogens is 2. The minimum absolute atomic E-state index is 0.146. The number of ketones is 1. The molecule has 1 aliphatic heterocycles. The first-order valence-corrected chi connectivity index (χ1v) is 13.9. The number of aliphatic hydroxyl groups is 1. The molecule has 0 amide bonds. The highest BCUT2D eigenvalue weighted by Crippen LogP contribution is 2.41. The van der Waals surface area contributed by atoms with Crippen molar-refractivity contribution in [2.75, 3.05) is 25.6 Å². The molecule has 0 spiro atoms. The number of aliphatic hydroxyl groups excluding tert-OH is 1. The Morgan fingerprint density at radius 1 is 1.29 bits per heavy atom. The van der Waals surface area contributed by atoms with Crippen molar-refractivity contribution in [3.63, 3.8) is 0 Å². The highest BCUT2D eigenvalue weighted by molar-refractivity contribution is 7.92. The predicted molar refractivity (Wildman–Crippen MR) is 143 cm³/mol. The van der Waals surface area contributed by atoms with E-state index in [2.05, 4.69) is 15.3 Å². The van der Waals surface area contributed by atoms with Crippen LogP contribution in [0.25, 0.3) is 0 Å². The van der Waals surface area contributed by atoms with Gasteiger partial charge in [-0.3, -0.25) is 9.93 Å². The van der Waals surface area contributed by atoms with Crippen LogP contribution < -0.4 is 10.5 Å². The summed E-state index contributed by atoms with van der Waals surface area (Å²) in [5.41, 5.74) is 2.04. The smallest absolute Gasteiger partial charge is 0.208 e. The van der Waals surface area contributed by atoms with Crippen LogP contribution in [0.3, 0.4) is 0 Å². The molecule has 13 heteroatoms. The predicted octanol–water partition coefficient (Wildman–Crippen LogP) is 5.09. The third-order valence-corrected chi connectivity index (χ3v) is 8.21. The SMILES string of the molecule is CO.NSOCC1CCC(Nc2ncncc2C(=O)c2cc(C3OCCc4cc(F)c(F)cc43)c(Cl)s2)C1. The number of carbonyl (C=O) groups is 1. The van der Waals surface area contributed by atoms with E-state index in [1.54, 1.807) is 6.07 Å². The van der Waals surface area contributed by atoms with E-state index < -0.39 is 17.7 Å². The zero-order valence-electron chi connectivity index (χ0n) is 20.5. The lowest BCUT2D eigenvalue weighted by Gasteiger charge is -2.26. The van der Waals surface area contributed by atoms with Gasteiger partial charge in [0.15, 0.2) is 11.6 Å². The minimum atomic E-state index is -0.952. The van der Waals surface area contributed by atoms with Gasteiger partial charge in [-0.25, -0.2) is 18.7 Å². The van der Waals surface area contributed by atoms with Crippen LogP contribution in [0.2, 0.25) is 4.34 Å². The van der Waals surface area contributed by atoms with Gasteiger partial charge >= 0.3 is 0 Å². The molecular weight excluding hydrogens is 558 g/mol. The van der Waals surface area contributed by atoms with Crippen molar-refractivity contribution in [1.82, 2.24) is 9.97 Å². The number of nitrogens with zero attached hydrogens (tertiary/aromatic N) is 2. The molecule has 2 aliphatic rings. The van der Waals surface area contributed by atoms with Crippen molar-refractivity contribution in [2.24, 2.45) is 11.1 Å². The normalized spacial score (nSPS) is 20.4. The molecule has 1 saturated carbocycles. The van der Waals surface area contributed by atoms with E-state index in [1.807, 2.05) is 0 Å². The summed E-state index contributed by atoms with van der Waals surface area (Å²) >= 11 is 8.51. The first-order chi connectivity index (χ1) is 18.4. The number of anilines is 1. The van der Waals surface area contributed by atoms with E-state index in [4.69, 9.17) is 30.8 Å². The molecule has 2 aromatic heterocycles. The van der Waals surface area contributed by atoms with Crippen molar-refractivity contribution >= 4 is 46.8 Å². The van der Waals surface area contributed by atoms with Crippen LogP contribution in [-0.2, 0) is 15.3 Å². The Balaban J connectivity index is 0.00000164. The zero-order valence-corrected chi connectivity index (χ0v) is 22.8. The molecule has 3 unspecified atom stereocenters. The lowest BCUT2D eigenvalue weighted by molar-refractivity contribution is 0.0696. The van der Waals surface area contributed by atoms with Crippen LogP contribution >= 0.6 is 35.2 Å². The molecule has 4 N–H and O–H groups in total. The van der Waals surface area contributed by atoms with Crippen LogP contribution in [0, 0.1) is 17.6 Å². The van der Waals surface area contributed by atoms with E-state index in [9.17, 15) is 13.6 Å². The van der Waals surface area contributed by atoms with Crippen molar-refractivity contribution in [3.05, 3.63) is 73.8 Å². The van der Waals surface area contributed by atoms with Gasteiger partial charge in [0.2, 0.25) is 5.78 Å². The summed E-state index contributed by atoms with van der Waals surface area (Å²) in [6.07, 6.45) is 5.44. The summed E-state index contributed by atoms with van der Waals surface area (Å²) in [5, 5.41) is 15.7. The van der Waals surface area contributed by atoms with Gasteiger partial charge in [0.05, 0.1) is 40.2 Å². The van der Waals surface area contributed by atoms with Crippen molar-refractivity contribution in [3.8, 4) is 0 Å². The Labute approximate surface area is 232 Å². The van der Waals surface area contributed by atoms with E-state index in [0.29, 0.717) is 62.8 Å². The highest BCUT2D eigenvalue weighted by Gasteiger charge is 2.30. The molecule has 3 aromatic rings. The molecular formula is C25H27ClF2N4O4S2. The average Bonchev–Trinajstić information content (AvgIpc) is 3.55. The number of benzene rings is 1. The van der Waals surface area contributed by atoms with Crippen LogP contribution in [0.4, 0.5) is 14.6 Å². The minimum Gasteiger partial charge on any atom is -0.400 e. The van der Waals surface area contributed by atoms with Crippen LogP contribution in [0.5, 0.6) is 0 Å². The molecule has 1 aromatic carbocycles. The molecule has 0 saturated heterocycles. The molecule has 0 bridgehead atoms. The number of hydrogen-bond donors (Lipinski definition) is 3. The van der Waals surface area contributed by atoms with Crippen LogP contribution in [-0.4, -0.2) is 47.2 Å². The van der Waals surface area contributed by atoms with E-state index in [-0.39, 0.29) is 11.8 Å². The van der Waals surface area contributed by atoms with Gasteiger partial charge in [-0.15, -0.1) is 11.3 Å². The monoisotopic (exact) mass is 584 g/mol. The van der Waals surface area contributed by atoms with Crippen LogP contribution in [0.1, 0.15) is 57.3 Å². The summed E-state index contributed by atoms with van der Waals surface area (Å²) < 4.78 is 39.2. The topological polar surface area (TPSA) is 120 Å². The Kier molecular flexibility index (Phi) is 10.0. The summed E-state index contributed by atoms with van der Waals surface area (Å²) in [7, 11) is 1.00. The second-order valence-corrected chi connectivity index (χ2v) is 10.9. The number of halogens is 3. The fourth-order valence-electron chi connectivity index (χ4n) is 4.80. The number of fused-ring (bicyclic) bond motifs is 1. The number of rotatable bonds is 8. The molecule has 3 heterocycles. The number of nitrogens with two attached hydrogens (primary N) is 1. The summed E-state index contributed by atoms with van der Waals surface area (Å²) in [6.45, 7) is 0.907. The fraction of sp³-hybridized carbons (Fsp3) is 0.400. The molecule has 1 fully saturated rings. The standard InChI is InChI=1S/C24H23ClF2N4O3S2.CH4O/c25-23-16(22-15-7-19(27)18(26)6-13(15)3-4-33-22)8-20(35-23)21(32)17-9-29-11-30-24(17)31-14-2-1-12(5-14)10-34-36-28;1-2/h6-9,11-12,14,22H,1-5,10,28H2,(H,29,30,31);2H,1H3. The lowest BCUT2D eigenvalue weighted by atomic mass is 9.93. The third-order valence-electron chi connectivity index (χ3n) is 6.55. The average molecular weight is 585 g/mol.